The molecule has 0 aliphatic carbocycles. The van der Waals surface area contributed by atoms with E-state index in [0.717, 1.165) is 12.0 Å². The largest absolute Gasteiger partial charge is 0.493 e. The summed E-state index contributed by atoms with van der Waals surface area (Å²) in [5, 5.41) is 2.05. The highest BCUT2D eigenvalue weighted by atomic mass is 32.1. The quantitative estimate of drug-likeness (QED) is 0.490. The molecule has 0 radical (unpaired) electrons. The molecule has 3 heterocycles. The van der Waals surface area contributed by atoms with Gasteiger partial charge in [-0.05, 0) is 61.5 Å². The van der Waals surface area contributed by atoms with E-state index in [1.165, 1.54) is 11.1 Å². The van der Waals surface area contributed by atoms with Crippen LogP contribution in [0, 0.1) is 0 Å². The van der Waals surface area contributed by atoms with E-state index in [1.807, 2.05) is 43.0 Å². The monoisotopic (exact) mass is 468 g/mol. The third-order valence-electron chi connectivity index (χ3n) is 5.80. The summed E-state index contributed by atoms with van der Waals surface area (Å²) in [6.45, 7) is 4.63. The van der Waals surface area contributed by atoms with E-state index in [-0.39, 0.29) is 36.2 Å². The molecule has 1 aliphatic heterocycles. The minimum absolute atomic E-state index is 0.0260. The van der Waals surface area contributed by atoms with Gasteiger partial charge in [0.05, 0.1) is 19.4 Å². The van der Waals surface area contributed by atoms with Crippen molar-refractivity contribution in [1.82, 2.24) is 9.80 Å². The fourth-order valence-electron chi connectivity index (χ4n) is 4.05. The van der Waals surface area contributed by atoms with Crippen molar-refractivity contribution in [2.75, 3.05) is 26.8 Å². The predicted octanol–water partition coefficient (Wildman–Crippen LogP) is 4.41. The van der Waals surface area contributed by atoms with Gasteiger partial charge in [0.1, 0.15) is 13.2 Å². The zero-order valence-corrected chi connectivity index (χ0v) is 19.8. The van der Waals surface area contributed by atoms with Crippen molar-refractivity contribution in [1.29, 1.82) is 0 Å². The molecule has 0 saturated carbocycles. The number of carbonyl (C=O) groups is 2. The SMILES string of the molecule is COc1ccccc1OCC1c2ccsc2CCN1C(=O)CN(C(=O)c1ccco1)C(C)C. The molecule has 7 nitrogen and oxygen atoms in total. The number of rotatable bonds is 8. The molecule has 2 aromatic heterocycles. The Balaban J connectivity index is 1.54. The first kappa shape index (κ1) is 22.9. The lowest BCUT2D eigenvalue weighted by molar-refractivity contribution is -0.136. The molecule has 0 fully saturated rings. The summed E-state index contributed by atoms with van der Waals surface area (Å²) in [6.07, 6.45) is 2.25. The van der Waals surface area contributed by atoms with Crippen molar-refractivity contribution >= 4 is 23.2 Å². The number of methoxy groups -OCH3 is 1. The fourth-order valence-corrected chi connectivity index (χ4v) is 4.98. The normalized spacial score (nSPS) is 15.3. The van der Waals surface area contributed by atoms with Crippen LogP contribution >= 0.6 is 11.3 Å². The average Bonchev–Trinajstić information content (AvgIpc) is 3.52. The average molecular weight is 469 g/mol. The topological polar surface area (TPSA) is 72.2 Å². The van der Waals surface area contributed by atoms with E-state index in [9.17, 15) is 9.59 Å². The lowest BCUT2D eigenvalue weighted by Crippen LogP contribution is -2.49. The number of furan rings is 1. The standard InChI is InChI=1S/C25H28N2O5S/c1-17(2)27(25(29)22-9-6-13-31-22)15-24(28)26-12-10-23-18(11-14-33-23)19(26)16-32-21-8-5-4-7-20(21)30-3/h4-9,11,13-14,17,19H,10,12,15-16H2,1-3H3. The first-order chi connectivity index (χ1) is 16.0. The van der Waals surface area contributed by atoms with Gasteiger partial charge in [0, 0.05) is 17.5 Å². The number of para-hydroxylation sites is 2. The molecule has 1 aliphatic rings. The van der Waals surface area contributed by atoms with Crippen LogP contribution in [0.15, 0.2) is 58.5 Å². The van der Waals surface area contributed by atoms with Crippen molar-refractivity contribution < 1.29 is 23.5 Å². The fraction of sp³-hybridized carbons (Fsp3) is 0.360. The van der Waals surface area contributed by atoms with Gasteiger partial charge in [-0.15, -0.1) is 11.3 Å². The van der Waals surface area contributed by atoms with Crippen molar-refractivity contribution in [3.05, 3.63) is 70.3 Å². The lowest BCUT2D eigenvalue weighted by Gasteiger charge is -2.37. The Hall–Kier alpha value is -3.26. The molecule has 0 spiro atoms. The van der Waals surface area contributed by atoms with Gasteiger partial charge in [0.15, 0.2) is 17.3 Å². The third kappa shape index (κ3) is 4.90. The number of fused-ring (bicyclic) bond motifs is 1. The number of thiophene rings is 1. The van der Waals surface area contributed by atoms with E-state index < -0.39 is 0 Å². The van der Waals surface area contributed by atoms with Gasteiger partial charge in [-0.1, -0.05) is 12.1 Å². The van der Waals surface area contributed by atoms with Gasteiger partial charge in [0.25, 0.3) is 5.91 Å². The van der Waals surface area contributed by atoms with Gasteiger partial charge >= 0.3 is 0 Å². The second-order valence-corrected chi connectivity index (χ2v) is 9.12. The van der Waals surface area contributed by atoms with E-state index in [0.29, 0.717) is 24.7 Å². The number of carbonyl (C=O) groups excluding carboxylic acids is 2. The van der Waals surface area contributed by atoms with Crippen molar-refractivity contribution in [2.45, 2.75) is 32.4 Å². The van der Waals surface area contributed by atoms with Crippen LogP contribution in [-0.4, -0.2) is 54.5 Å². The lowest BCUT2D eigenvalue weighted by atomic mass is 10.00. The molecule has 174 valence electrons. The Bertz CT molecular complexity index is 1090. The Labute approximate surface area is 197 Å². The highest BCUT2D eigenvalue weighted by Gasteiger charge is 2.34. The maximum atomic E-state index is 13.5. The molecule has 1 aromatic carbocycles. The Morgan fingerprint density at radius 2 is 1.97 bits per heavy atom. The van der Waals surface area contributed by atoms with Crippen LogP contribution in [0.25, 0.3) is 0 Å². The zero-order valence-electron chi connectivity index (χ0n) is 19.0. The smallest absolute Gasteiger partial charge is 0.290 e. The van der Waals surface area contributed by atoms with Crippen LogP contribution in [-0.2, 0) is 11.2 Å². The van der Waals surface area contributed by atoms with E-state index in [1.54, 1.807) is 35.5 Å². The maximum Gasteiger partial charge on any atom is 0.290 e. The van der Waals surface area contributed by atoms with Crippen LogP contribution in [0.2, 0.25) is 0 Å². The van der Waals surface area contributed by atoms with Gasteiger partial charge in [-0.3, -0.25) is 9.59 Å². The van der Waals surface area contributed by atoms with Gasteiger partial charge < -0.3 is 23.7 Å². The van der Waals surface area contributed by atoms with Crippen LogP contribution < -0.4 is 9.47 Å². The van der Waals surface area contributed by atoms with Crippen molar-refractivity contribution in [3.8, 4) is 11.5 Å². The zero-order chi connectivity index (χ0) is 23.4. The summed E-state index contributed by atoms with van der Waals surface area (Å²) in [4.78, 5) is 31.0. The third-order valence-corrected chi connectivity index (χ3v) is 6.80. The minimum atomic E-state index is -0.293. The van der Waals surface area contributed by atoms with E-state index >= 15 is 0 Å². The van der Waals surface area contributed by atoms with Crippen molar-refractivity contribution in [3.63, 3.8) is 0 Å². The van der Waals surface area contributed by atoms with E-state index in [4.69, 9.17) is 13.9 Å². The van der Waals surface area contributed by atoms with Crippen LogP contribution in [0.4, 0.5) is 0 Å². The summed E-state index contributed by atoms with van der Waals surface area (Å²) >= 11 is 1.70. The summed E-state index contributed by atoms with van der Waals surface area (Å²) in [5.74, 6) is 1.09. The molecule has 0 bridgehead atoms. The second-order valence-electron chi connectivity index (χ2n) is 8.12. The molecule has 1 unspecified atom stereocenters. The Morgan fingerprint density at radius 1 is 1.18 bits per heavy atom. The van der Waals surface area contributed by atoms with Gasteiger partial charge in [0.2, 0.25) is 5.91 Å². The Morgan fingerprint density at radius 3 is 2.67 bits per heavy atom. The van der Waals surface area contributed by atoms with Crippen LogP contribution in [0.5, 0.6) is 11.5 Å². The second kappa shape index (κ2) is 10.1. The molecule has 0 N–H and O–H groups in total. The molecular weight excluding hydrogens is 440 g/mol. The molecule has 8 heteroatoms. The van der Waals surface area contributed by atoms with Crippen molar-refractivity contribution in [2.24, 2.45) is 0 Å². The predicted molar refractivity (Wildman–Crippen MR) is 126 cm³/mol. The number of hydrogen-bond acceptors (Lipinski definition) is 6. The number of benzene rings is 1. The summed E-state index contributed by atoms with van der Waals surface area (Å²) in [7, 11) is 1.60. The molecular formula is C25H28N2O5S. The van der Waals surface area contributed by atoms with Crippen LogP contribution in [0.1, 0.15) is 40.9 Å². The summed E-state index contributed by atoms with van der Waals surface area (Å²) in [5.41, 5.74) is 1.10. The Kier molecular flexibility index (Phi) is 7.03. The highest BCUT2D eigenvalue weighted by molar-refractivity contribution is 7.10. The molecule has 4 rings (SSSR count). The highest BCUT2D eigenvalue weighted by Crippen LogP contribution is 2.35. The number of nitrogens with zero attached hydrogens (tertiary/aromatic N) is 2. The van der Waals surface area contributed by atoms with Crippen LogP contribution in [0.3, 0.4) is 0 Å². The number of amides is 2. The first-order valence-electron chi connectivity index (χ1n) is 11.0. The number of hydrogen-bond donors (Lipinski definition) is 0. The first-order valence-corrected chi connectivity index (χ1v) is 11.8. The van der Waals surface area contributed by atoms with Gasteiger partial charge in [-0.25, -0.2) is 0 Å². The van der Waals surface area contributed by atoms with E-state index in [2.05, 4.69) is 11.4 Å². The molecule has 2 amide bonds. The molecule has 1 atom stereocenters. The molecule has 3 aromatic rings. The summed E-state index contributed by atoms with van der Waals surface area (Å²) in [6, 6.07) is 12.4. The summed E-state index contributed by atoms with van der Waals surface area (Å²) < 4.78 is 16.8. The molecule has 0 saturated heterocycles. The molecule has 33 heavy (non-hydrogen) atoms. The minimum Gasteiger partial charge on any atom is -0.493 e. The maximum absolute atomic E-state index is 13.5. The number of ether oxygens (including phenoxy) is 2. The van der Waals surface area contributed by atoms with Gasteiger partial charge in [-0.2, -0.15) is 0 Å².